The van der Waals surface area contributed by atoms with E-state index in [1.165, 1.54) is 7.11 Å². The lowest BCUT2D eigenvalue weighted by molar-refractivity contribution is -0.137. The number of aromatic hydroxyl groups is 1. The van der Waals surface area contributed by atoms with E-state index >= 15 is 0 Å². The molecule has 94 valence electrons. The monoisotopic (exact) mass is 258 g/mol. The molecule has 0 amide bonds. The Hall–Kier alpha value is -1.42. The van der Waals surface area contributed by atoms with Crippen LogP contribution in [-0.4, -0.2) is 23.3 Å². The zero-order chi connectivity index (χ0) is 13.0. The molecule has 0 fully saturated rings. The summed E-state index contributed by atoms with van der Waals surface area (Å²) in [6, 6.07) is 1.70. The Balaban J connectivity index is 2.94. The van der Waals surface area contributed by atoms with Crippen LogP contribution in [0, 0.1) is 6.92 Å². The van der Waals surface area contributed by atoms with Gasteiger partial charge >= 0.3 is 5.97 Å². The van der Waals surface area contributed by atoms with Crippen LogP contribution in [0.15, 0.2) is 6.07 Å². The smallest absolute Gasteiger partial charge is 0.303 e. The number of halogens is 1. The average Bonchev–Trinajstić information content (AvgIpc) is 2.22. The van der Waals surface area contributed by atoms with Gasteiger partial charge in [-0.2, -0.15) is 0 Å². The molecule has 17 heavy (non-hydrogen) atoms. The van der Waals surface area contributed by atoms with Crippen LogP contribution in [0.2, 0.25) is 5.02 Å². The van der Waals surface area contributed by atoms with Gasteiger partial charge in [0.05, 0.1) is 12.1 Å². The summed E-state index contributed by atoms with van der Waals surface area (Å²) in [6.45, 7) is 1.82. The summed E-state index contributed by atoms with van der Waals surface area (Å²) < 4.78 is 5.00. The summed E-state index contributed by atoms with van der Waals surface area (Å²) >= 11 is 5.91. The molecule has 0 saturated heterocycles. The second-order valence-electron chi connectivity index (χ2n) is 3.78. The van der Waals surface area contributed by atoms with Crippen LogP contribution >= 0.6 is 11.6 Å². The lowest BCUT2D eigenvalue weighted by atomic mass is 10.0. The van der Waals surface area contributed by atoms with Crippen LogP contribution in [0.4, 0.5) is 0 Å². The standard InChI is InChI=1S/C12H15ClO4/c1-7-6-9(13)12(17-2)11(16)8(7)4-3-5-10(14)15/h6,16H,3-5H2,1-2H3,(H,14,15). The van der Waals surface area contributed by atoms with Crippen LogP contribution in [0.25, 0.3) is 0 Å². The SMILES string of the molecule is COc1c(Cl)cc(C)c(CCCC(=O)O)c1O. The summed E-state index contributed by atoms with van der Waals surface area (Å²) in [5.74, 6) is -0.603. The van der Waals surface area contributed by atoms with Crippen molar-refractivity contribution >= 4 is 17.6 Å². The van der Waals surface area contributed by atoms with E-state index in [0.29, 0.717) is 23.4 Å². The van der Waals surface area contributed by atoms with Crippen molar-refractivity contribution in [2.45, 2.75) is 26.2 Å². The van der Waals surface area contributed by atoms with Crippen molar-refractivity contribution in [1.82, 2.24) is 0 Å². The lowest BCUT2D eigenvalue weighted by Crippen LogP contribution is -1.99. The number of benzene rings is 1. The van der Waals surface area contributed by atoms with Gasteiger partial charge in [-0.1, -0.05) is 11.6 Å². The molecule has 0 heterocycles. The first-order valence-corrected chi connectivity index (χ1v) is 5.62. The molecule has 1 aromatic carbocycles. The minimum Gasteiger partial charge on any atom is -0.504 e. The fraction of sp³-hybridized carbons (Fsp3) is 0.417. The first-order chi connectivity index (χ1) is 7.97. The molecular weight excluding hydrogens is 244 g/mol. The molecule has 0 aliphatic rings. The summed E-state index contributed by atoms with van der Waals surface area (Å²) in [6.07, 6.45) is 1.02. The first-order valence-electron chi connectivity index (χ1n) is 5.24. The number of phenolic OH excluding ortho intramolecular Hbond substituents is 1. The molecule has 0 unspecified atom stereocenters. The lowest BCUT2D eigenvalue weighted by Gasteiger charge is -2.13. The third kappa shape index (κ3) is 3.27. The highest BCUT2D eigenvalue weighted by molar-refractivity contribution is 6.32. The molecule has 0 saturated carbocycles. The fourth-order valence-corrected chi connectivity index (χ4v) is 2.04. The second-order valence-corrected chi connectivity index (χ2v) is 4.19. The molecule has 2 N–H and O–H groups in total. The van der Waals surface area contributed by atoms with Gasteiger partial charge in [0.2, 0.25) is 0 Å². The predicted octanol–water partition coefficient (Wildman–Crippen LogP) is 2.77. The summed E-state index contributed by atoms with van der Waals surface area (Å²) in [7, 11) is 1.43. The number of ether oxygens (including phenoxy) is 1. The number of aliphatic carboxylic acids is 1. The summed E-state index contributed by atoms with van der Waals surface area (Å²) in [5, 5.41) is 18.9. The van der Waals surface area contributed by atoms with Crippen LogP contribution in [-0.2, 0) is 11.2 Å². The third-order valence-corrected chi connectivity index (χ3v) is 2.84. The molecular formula is C12H15ClO4. The summed E-state index contributed by atoms with van der Waals surface area (Å²) in [4.78, 5) is 10.4. The van der Waals surface area contributed by atoms with E-state index in [0.717, 1.165) is 5.56 Å². The van der Waals surface area contributed by atoms with Gasteiger partial charge in [-0.25, -0.2) is 0 Å². The zero-order valence-electron chi connectivity index (χ0n) is 9.79. The van der Waals surface area contributed by atoms with Crippen molar-refractivity contribution in [1.29, 1.82) is 0 Å². The van der Waals surface area contributed by atoms with Crippen molar-refractivity contribution in [2.24, 2.45) is 0 Å². The van der Waals surface area contributed by atoms with E-state index < -0.39 is 5.97 Å². The zero-order valence-corrected chi connectivity index (χ0v) is 10.5. The molecule has 0 aliphatic heterocycles. The van der Waals surface area contributed by atoms with Crippen molar-refractivity contribution < 1.29 is 19.7 Å². The van der Waals surface area contributed by atoms with Crippen molar-refractivity contribution in [3.8, 4) is 11.5 Å². The van der Waals surface area contributed by atoms with Gasteiger partial charge in [0.25, 0.3) is 0 Å². The highest BCUT2D eigenvalue weighted by Gasteiger charge is 2.15. The molecule has 0 aliphatic carbocycles. The maximum atomic E-state index is 10.4. The molecule has 5 heteroatoms. The molecule has 0 bridgehead atoms. The van der Waals surface area contributed by atoms with Gasteiger partial charge in [-0.3, -0.25) is 4.79 Å². The van der Waals surface area contributed by atoms with Crippen LogP contribution in [0.1, 0.15) is 24.0 Å². The minimum atomic E-state index is -0.844. The molecule has 0 aromatic heterocycles. The normalized spacial score (nSPS) is 10.3. The number of hydrogen-bond donors (Lipinski definition) is 2. The number of phenols is 1. The van der Waals surface area contributed by atoms with E-state index in [1.807, 2.05) is 6.92 Å². The van der Waals surface area contributed by atoms with Gasteiger partial charge in [0, 0.05) is 12.0 Å². The minimum absolute atomic E-state index is 0.00267. The van der Waals surface area contributed by atoms with Crippen molar-refractivity contribution in [3.63, 3.8) is 0 Å². The topological polar surface area (TPSA) is 66.8 Å². The Morgan fingerprint density at radius 1 is 1.53 bits per heavy atom. The Bertz CT molecular complexity index is 429. The van der Waals surface area contributed by atoms with Gasteiger partial charge < -0.3 is 14.9 Å². The van der Waals surface area contributed by atoms with Crippen molar-refractivity contribution in [3.05, 3.63) is 22.2 Å². The predicted molar refractivity (Wildman–Crippen MR) is 65.0 cm³/mol. The quantitative estimate of drug-likeness (QED) is 0.852. The molecule has 0 atom stereocenters. The number of aryl methyl sites for hydroxylation is 1. The number of carboxylic acids is 1. The van der Waals surface area contributed by atoms with Crippen molar-refractivity contribution in [2.75, 3.05) is 7.11 Å². The first kappa shape index (κ1) is 13.6. The Morgan fingerprint density at radius 3 is 2.71 bits per heavy atom. The van der Waals surface area contributed by atoms with E-state index in [-0.39, 0.29) is 17.9 Å². The van der Waals surface area contributed by atoms with Gasteiger partial charge in [0.15, 0.2) is 11.5 Å². The molecule has 1 aromatic rings. The number of rotatable bonds is 5. The highest BCUT2D eigenvalue weighted by Crippen LogP contribution is 2.39. The second kappa shape index (κ2) is 5.77. The molecule has 4 nitrogen and oxygen atoms in total. The van der Waals surface area contributed by atoms with Crippen LogP contribution in [0.3, 0.4) is 0 Å². The van der Waals surface area contributed by atoms with Crippen LogP contribution < -0.4 is 4.74 Å². The molecule has 0 radical (unpaired) electrons. The maximum Gasteiger partial charge on any atom is 0.303 e. The number of carboxylic acid groups (broad SMARTS) is 1. The summed E-state index contributed by atoms with van der Waals surface area (Å²) in [5.41, 5.74) is 1.52. The van der Waals surface area contributed by atoms with Gasteiger partial charge in [-0.15, -0.1) is 0 Å². The largest absolute Gasteiger partial charge is 0.504 e. The van der Waals surface area contributed by atoms with Gasteiger partial charge in [-0.05, 0) is 31.4 Å². The Kier molecular flexibility index (Phi) is 4.63. The Morgan fingerprint density at radius 2 is 2.18 bits per heavy atom. The van der Waals surface area contributed by atoms with E-state index in [9.17, 15) is 9.90 Å². The third-order valence-electron chi connectivity index (χ3n) is 2.56. The number of hydrogen-bond acceptors (Lipinski definition) is 3. The number of methoxy groups -OCH3 is 1. The maximum absolute atomic E-state index is 10.4. The average molecular weight is 259 g/mol. The fourth-order valence-electron chi connectivity index (χ4n) is 1.71. The van der Waals surface area contributed by atoms with Crippen LogP contribution in [0.5, 0.6) is 11.5 Å². The van der Waals surface area contributed by atoms with Gasteiger partial charge in [0.1, 0.15) is 0 Å². The Labute approximate surface area is 105 Å². The molecule has 1 rings (SSSR count). The highest BCUT2D eigenvalue weighted by atomic mass is 35.5. The van der Waals surface area contributed by atoms with E-state index in [4.69, 9.17) is 21.4 Å². The number of carbonyl (C=O) groups is 1. The van der Waals surface area contributed by atoms with E-state index in [2.05, 4.69) is 0 Å². The molecule has 0 spiro atoms. The van der Waals surface area contributed by atoms with E-state index in [1.54, 1.807) is 6.07 Å².